The fourth-order valence-corrected chi connectivity index (χ4v) is 3.77. The van der Waals surface area contributed by atoms with Crippen molar-refractivity contribution >= 4 is 11.6 Å². The normalized spacial score (nSPS) is 24.8. The molecular weight excluding hydrogens is 320 g/mol. The minimum atomic E-state index is -0.588. The van der Waals surface area contributed by atoms with Gasteiger partial charge in [-0.1, -0.05) is 6.92 Å². The second kappa shape index (κ2) is 7.49. The average Bonchev–Trinajstić information content (AvgIpc) is 2.85. The highest BCUT2D eigenvalue weighted by Gasteiger charge is 2.35. The Hall–Kier alpha value is -1.99. The Labute approximate surface area is 148 Å². The van der Waals surface area contributed by atoms with Crippen LogP contribution in [0.5, 0.6) is 0 Å². The summed E-state index contributed by atoms with van der Waals surface area (Å²) < 4.78 is 0. The minimum absolute atomic E-state index is 0.0119. The first-order valence-corrected chi connectivity index (χ1v) is 8.69. The Morgan fingerprint density at radius 3 is 2.24 bits per heavy atom. The molecule has 1 fully saturated rings. The van der Waals surface area contributed by atoms with Gasteiger partial charge in [0.2, 0.25) is 5.91 Å². The first-order chi connectivity index (χ1) is 11.6. The number of carbonyl (C=O) groups excluding carboxylic acids is 1. The van der Waals surface area contributed by atoms with E-state index in [4.69, 9.17) is 0 Å². The lowest BCUT2D eigenvalue weighted by Gasteiger charge is -2.29. The first-order valence-electron chi connectivity index (χ1n) is 8.69. The summed E-state index contributed by atoms with van der Waals surface area (Å²) in [5.41, 5.74) is 6.75. The van der Waals surface area contributed by atoms with E-state index in [2.05, 4.69) is 36.9 Å². The molecule has 7 heteroatoms. The zero-order valence-corrected chi connectivity index (χ0v) is 15.5. The number of amides is 1. The van der Waals surface area contributed by atoms with Gasteiger partial charge in [-0.05, 0) is 57.2 Å². The largest absolute Gasteiger partial charge is 0.347 e. The molecule has 25 heavy (non-hydrogen) atoms. The van der Waals surface area contributed by atoms with Gasteiger partial charge < -0.3 is 5.32 Å². The smallest absolute Gasteiger partial charge is 0.269 e. The molecule has 138 valence electrons. The fourth-order valence-electron chi connectivity index (χ4n) is 3.77. The third kappa shape index (κ3) is 4.55. The molecule has 1 aliphatic heterocycles. The first kappa shape index (κ1) is 19.3. The van der Waals surface area contributed by atoms with Crippen LogP contribution in [0.3, 0.4) is 0 Å². The number of nitrogens with one attached hydrogen (secondary N) is 3. The van der Waals surface area contributed by atoms with Gasteiger partial charge in [0.25, 0.3) is 5.69 Å². The number of carbonyl (C=O) groups is 1. The molecular formula is C18H28N4O3. The van der Waals surface area contributed by atoms with E-state index in [9.17, 15) is 14.9 Å². The van der Waals surface area contributed by atoms with E-state index in [-0.39, 0.29) is 17.5 Å². The monoisotopic (exact) mass is 348 g/mol. The second-order valence-corrected chi connectivity index (χ2v) is 7.60. The number of hydrogen-bond donors (Lipinski definition) is 3. The molecule has 0 aromatic heterocycles. The molecule has 1 saturated heterocycles. The van der Waals surface area contributed by atoms with Crippen LogP contribution in [0.25, 0.3) is 0 Å². The van der Waals surface area contributed by atoms with E-state index in [0.29, 0.717) is 24.4 Å². The third-order valence-corrected chi connectivity index (χ3v) is 5.11. The van der Waals surface area contributed by atoms with Crippen molar-refractivity contribution in [2.24, 2.45) is 11.8 Å². The summed E-state index contributed by atoms with van der Waals surface area (Å²) >= 11 is 0. The average molecular weight is 348 g/mol. The van der Waals surface area contributed by atoms with Crippen LogP contribution >= 0.6 is 0 Å². The van der Waals surface area contributed by atoms with Crippen molar-refractivity contribution in [2.45, 2.75) is 58.7 Å². The molecule has 1 heterocycles. The molecule has 1 aromatic carbocycles. The summed E-state index contributed by atoms with van der Waals surface area (Å²) in [4.78, 5) is 22.9. The Kier molecular flexibility index (Phi) is 5.80. The molecule has 3 unspecified atom stereocenters. The van der Waals surface area contributed by atoms with Crippen LogP contribution in [0.1, 0.15) is 46.6 Å². The lowest BCUT2D eigenvalue weighted by molar-refractivity contribution is -0.384. The predicted octanol–water partition coefficient (Wildman–Crippen LogP) is 2.47. The van der Waals surface area contributed by atoms with Crippen molar-refractivity contribution in [3.63, 3.8) is 0 Å². The predicted molar refractivity (Wildman–Crippen MR) is 96.7 cm³/mol. The van der Waals surface area contributed by atoms with Crippen LogP contribution in [-0.2, 0) is 10.3 Å². The Balaban J connectivity index is 1.99. The highest BCUT2D eigenvalue weighted by atomic mass is 16.6. The number of hydrazine groups is 1. The molecule has 0 bridgehead atoms. The molecule has 3 N–H and O–H groups in total. The van der Waals surface area contributed by atoms with Gasteiger partial charge in [0.1, 0.15) is 0 Å². The molecule has 0 aliphatic carbocycles. The lowest BCUT2D eigenvalue weighted by Crippen LogP contribution is -2.42. The van der Waals surface area contributed by atoms with Crippen molar-refractivity contribution in [2.75, 3.05) is 0 Å². The Morgan fingerprint density at radius 1 is 1.24 bits per heavy atom. The van der Waals surface area contributed by atoms with Gasteiger partial charge in [-0.15, -0.1) is 0 Å². The van der Waals surface area contributed by atoms with Gasteiger partial charge in [0, 0.05) is 30.6 Å². The van der Waals surface area contributed by atoms with Crippen molar-refractivity contribution in [1.29, 1.82) is 0 Å². The van der Waals surface area contributed by atoms with Crippen LogP contribution in [0, 0.1) is 22.0 Å². The number of hydrogen-bond acceptors (Lipinski definition) is 5. The van der Waals surface area contributed by atoms with E-state index in [1.807, 2.05) is 13.8 Å². The summed E-state index contributed by atoms with van der Waals surface area (Å²) in [6, 6.07) is 6.95. The third-order valence-electron chi connectivity index (χ3n) is 5.11. The van der Waals surface area contributed by atoms with Gasteiger partial charge in [0.15, 0.2) is 0 Å². The van der Waals surface area contributed by atoms with E-state index in [1.165, 1.54) is 12.1 Å². The molecule has 1 amide bonds. The molecule has 0 radical (unpaired) electrons. The lowest BCUT2D eigenvalue weighted by atomic mass is 9.82. The van der Waals surface area contributed by atoms with E-state index in [0.717, 1.165) is 5.56 Å². The van der Waals surface area contributed by atoms with Crippen LogP contribution in [0.15, 0.2) is 24.3 Å². The summed E-state index contributed by atoms with van der Waals surface area (Å²) in [5, 5.41) is 13.8. The SMILES string of the molecule is CC(CC(=O)NC(C)(C)c1ccc([N+](=O)[O-])cc1)C1C(C)NNC1C. The van der Waals surface area contributed by atoms with Crippen molar-refractivity contribution in [1.82, 2.24) is 16.2 Å². The van der Waals surface area contributed by atoms with Crippen molar-refractivity contribution in [3.05, 3.63) is 39.9 Å². The number of rotatable bonds is 6. The van der Waals surface area contributed by atoms with E-state index in [1.54, 1.807) is 12.1 Å². The van der Waals surface area contributed by atoms with Gasteiger partial charge in [0.05, 0.1) is 10.5 Å². The van der Waals surface area contributed by atoms with Crippen LogP contribution < -0.4 is 16.2 Å². The Bertz CT molecular complexity index is 620. The number of nitro groups is 1. The summed E-state index contributed by atoms with van der Waals surface area (Å²) in [6.45, 7) is 10.2. The molecule has 1 aromatic rings. The maximum atomic E-state index is 12.5. The van der Waals surface area contributed by atoms with Crippen molar-refractivity contribution in [3.8, 4) is 0 Å². The Morgan fingerprint density at radius 2 is 1.76 bits per heavy atom. The number of benzene rings is 1. The van der Waals surface area contributed by atoms with Crippen LogP contribution in [0.2, 0.25) is 0 Å². The maximum absolute atomic E-state index is 12.5. The minimum Gasteiger partial charge on any atom is -0.347 e. The molecule has 2 rings (SSSR count). The number of non-ortho nitro benzene ring substituents is 1. The van der Waals surface area contributed by atoms with Crippen LogP contribution in [0.4, 0.5) is 5.69 Å². The van der Waals surface area contributed by atoms with E-state index >= 15 is 0 Å². The topological polar surface area (TPSA) is 96.3 Å². The summed E-state index contributed by atoms with van der Waals surface area (Å²) in [7, 11) is 0. The second-order valence-electron chi connectivity index (χ2n) is 7.60. The number of nitro benzene ring substituents is 1. The number of nitrogens with zero attached hydrogens (tertiary/aromatic N) is 1. The van der Waals surface area contributed by atoms with Crippen LogP contribution in [-0.4, -0.2) is 22.9 Å². The fraction of sp³-hybridized carbons (Fsp3) is 0.611. The van der Waals surface area contributed by atoms with Gasteiger partial charge in [-0.25, -0.2) is 0 Å². The summed E-state index contributed by atoms with van der Waals surface area (Å²) in [6.07, 6.45) is 0.444. The van der Waals surface area contributed by atoms with Gasteiger partial charge in [-0.2, -0.15) is 0 Å². The molecule has 0 saturated carbocycles. The van der Waals surface area contributed by atoms with E-state index < -0.39 is 10.5 Å². The highest BCUT2D eigenvalue weighted by Crippen LogP contribution is 2.27. The molecule has 7 nitrogen and oxygen atoms in total. The molecule has 0 spiro atoms. The molecule has 3 atom stereocenters. The van der Waals surface area contributed by atoms with Gasteiger partial charge in [-0.3, -0.25) is 25.8 Å². The molecule has 1 aliphatic rings. The summed E-state index contributed by atoms with van der Waals surface area (Å²) in [5.74, 6) is 0.607. The zero-order valence-electron chi connectivity index (χ0n) is 15.5. The standard InChI is InChI=1S/C18H28N4O3/c1-11(17-12(2)20-21-13(17)3)10-16(23)19-18(4,5)14-6-8-15(9-7-14)22(24)25/h6-9,11-13,17,20-21H,10H2,1-5H3,(H,19,23). The quantitative estimate of drug-likeness (QED) is 0.542. The zero-order chi connectivity index (χ0) is 18.8. The van der Waals surface area contributed by atoms with Crippen molar-refractivity contribution < 1.29 is 9.72 Å². The maximum Gasteiger partial charge on any atom is 0.269 e. The highest BCUT2D eigenvalue weighted by molar-refractivity contribution is 5.77. The van der Waals surface area contributed by atoms with Gasteiger partial charge >= 0.3 is 0 Å².